The predicted molar refractivity (Wildman–Crippen MR) is 73.4 cm³/mol. The van der Waals surface area contributed by atoms with Crippen LogP contribution in [0, 0.1) is 0 Å². The lowest BCUT2D eigenvalue weighted by Gasteiger charge is -2.27. The summed E-state index contributed by atoms with van der Waals surface area (Å²) in [6.07, 6.45) is -3.04. The Kier molecular flexibility index (Phi) is 5.59. The third-order valence-electron chi connectivity index (χ3n) is 3.79. The molecule has 0 aliphatic rings. The summed E-state index contributed by atoms with van der Waals surface area (Å²) in [4.78, 5) is 0. The van der Waals surface area contributed by atoms with Crippen LogP contribution in [-0.2, 0) is 6.18 Å². The highest BCUT2D eigenvalue weighted by Gasteiger charge is 2.30. The zero-order valence-electron chi connectivity index (χ0n) is 12.1. The van der Waals surface area contributed by atoms with Crippen LogP contribution in [0.1, 0.15) is 50.8 Å². The van der Waals surface area contributed by atoms with E-state index in [1.807, 2.05) is 20.8 Å². The molecular weight excluding hydrogens is 267 g/mol. The Morgan fingerprint density at radius 1 is 1.10 bits per heavy atom. The Morgan fingerprint density at radius 2 is 1.60 bits per heavy atom. The zero-order valence-corrected chi connectivity index (χ0v) is 12.1. The molecule has 1 aromatic carbocycles. The third kappa shape index (κ3) is 4.49. The van der Waals surface area contributed by atoms with E-state index < -0.39 is 17.3 Å². The summed E-state index contributed by atoms with van der Waals surface area (Å²) in [7, 11) is 0. The van der Waals surface area contributed by atoms with Crippen LogP contribution in [0.25, 0.3) is 0 Å². The summed E-state index contributed by atoms with van der Waals surface area (Å²) >= 11 is 0. The maximum atomic E-state index is 12.5. The summed E-state index contributed by atoms with van der Waals surface area (Å²) in [6, 6.07) is 5.00. The van der Waals surface area contributed by atoms with Crippen molar-refractivity contribution in [3.8, 4) is 0 Å². The van der Waals surface area contributed by atoms with E-state index in [9.17, 15) is 18.3 Å². The topological polar surface area (TPSA) is 32.3 Å². The largest absolute Gasteiger partial charge is 0.416 e. The summed E-state index contributed by atoms with van der Waals surface area (Å²) in [5, 5.41) is 13.3. The number of hydrogen-bond acceptors (Lipinski definition) is 2. The van der Waals surface area contributed by atoms with Crippen LogP contribution in [0.5, 0.6) is 0 Å². The van der Waals surface area contributed by atoms with E-state index in [0.29, 0.717) is 19.4 Å². The Hall–Kier alpha value is -1.07. The molecule has 1 aromatic rings. The maximum Gasteiger partial charge on any atom is 0.416 e. The van der Waals surface area contributed by atoms with Crippen molar-refractivity contribution < 1.29 is 18.3 Å². The van der Waals surface area contributed by atoms with Crippen molar-refractivity contribution in [3.63, 3.8) is 0 Å². The molecule has 1 rings (SSSR count). The number of alkyl halides is 3. The first-order valence-corrected chi connectivity index (χ1v) is 6.85. The number of aliphatic hydroxyl groups is 1. The van der Waals surface area contributed by atoms with Gasteiger partial charge in [-0.15, -0.1) is 0 Å². The molecule has 0 heterocycles. The quantitative estimate of drug-likeness (QED) is 0.832. The van der Waals surface area contributed by atoms with Gasteiger partial charge in [0, 0.05) is 12.6 Å². The van der Waals surface area contributed by atoms with Crippen LogP contribution in [0.2, 0.25) is 0 Å². The van der Waals surface area contributed by atoms with Crippen molar-refractivity contribution in [2.45, 2.75) is 51.4 Å². The highest BCUT2D eigenvalue weighted by Crippen LogP contribution is 2.30. The minimum absolute atomic E-state index is 0.109. The van der Waals surface area contributed by atoms with Gasteiger partial charge in [-0.2, -0.15) is 13.2 Å². The second-order valence-electron chi connectivity index (χ2n) is 5.15. The Morgan fingerprint density at radius 3 is 2.00 bits per heavy atom. The van der Waals surface area contributed by atoms with Gasteiger partial charge in [-0.05, 0) is 37.5 Å². The molecule has 2 N–H and O–H groups in total. The Balaban J connectivity index is 2.67. The van der Waals surface area contributed by atoms with Gasteiger partial charge < -0.3 is 10.4 Å². The fourth-order valence-corrected chi connectivity index (χ4v) is 1.92. The van der Waals surface area contributed by atoms with E-state index in [4.69, 9.17) is 0 Å². The Labute approximate surface area is 118 Å². The molecule has 0 saturated carbocycles. The van der Waals surface area contributed by atoms with Crippen LogP contribution >= 0.6 is 0 Å². The van der Waals surface area contributed by atoms with Crippen molar-refractivity contribution in [1.29, 1.82) is 0 Å². The molecule has 0 amide bonds. The molecule has 0 aliphatic carbocycles. The molecule has 0 aromatic heterocycles. The van der Waals surface area contributed by atoms with E-state index in [0.717, 1.165) is 17.7 Å². The average molecular weight is 289 g/mol. The lowest BCUT2D eigenvalue weighted by atomic mass is 9.96. The monoisotopic (exact) mass is 289 g/mol. The number of benzene rings is 1. The lowest BCUT2D eigenvalue weighted by molar-refractivity contribution is -0.137. The van der Waals surface area contributed by atoms with Crippen molar-refractivity contribution in [1.82, 2.24) is 5.32 Å². The molecule has 1 atom stereocenters. The van der Waals surface area contributed by atoms with Crippen LogP contribution in [0.15, 0.2) is 24.3 Å². The number of halogens is 3. The number of hydrogen-bond donors (Lipinski definition) is 2. The van der Waals surface area contributed by atoms with Gasteiger partial charge >= 0.3 is 6.18 Å². The number of nitrogens with one attached hydrogen (secondary N) is 1. The van der Waals surface area contributed by atoms with Crippen LogP contribution in [0.3, 0.4) is 0 Å². The van der Waals surface area contributed by atoms with E-state index >= 15 is 0 Å². The zero-order chi connectivity index (χ0) is 15.4. The van der Waals surface area contributed by atoms with Crippen molar-refractivity contribution in [3.05, 3.63) is 35.4 Å². The van der Waals surface area contributed by atoms with Crippen LogP contribution < -0.4 is 5.32 Å². The SMILES string of the molecule is CCC(O)(CC)CNC(C)c1ccc(C(F)(F)F)cc1. The van der Waals surface area contributed by atoms with Crippen molar-refractivity contribution in [2.24, 2.45) is 0 Å². The van der Waals surface area contributed by atoms with Gasteiger partial charge in [0.05, 0.1) is 11.2 Å². The first-order valence-electron chi connectivity index (χ1n) is 6.85. The maximum absolute atomic E-state index is 12.5. The normalized spacial score (nSPS) is 14.3. The smallest absolute Gasteiger partial charge is 0.389 e. The van der Waals surface area contributed by atoms with Crippen LogP contribution in [-0.4, -0.2) is 17.3 Å². The van der Waals surface area contributed by atoms with Gasteiger partial charge in [-0.1, -0.05) is 26.0 Å². The molecule has 0 radical (unpaired) electrons. The van der Waals surface area contributed by atoms with Gasteiger partial charge in [0.15, 0.2) is 0 Å². The van der Waals surface area contributed by atoms with Gasteiger partial charge in [0.25, 0.3) is 0 Å². The molecule has 2 nitrogen and oxygen atoms in total. The predicted octanol–water partition coefficient (Wildman–Crippen LogP) is 3.91. The molecule has 0 spiro atoms. The van der Waals surface area contributed by atoms with Gasteiger partial charge in [-0.3, -0.25) is 0 Å². The number of rotatable bonds is 6. The minimum Gasteiger partial charge on any atom is -0.389 e. The second-order valence-corrected chi connectivity index (χ2v) is 5.15. The molecule has 114 valence electrons. The van der Waals surface area contributed by atoms with Crippen molar-refractivity contribution in [2.75, 3.05) is 6.54 Å². The van der Waals surface area contributed by atoms with E-state index in [1.54, 1.807) is 0 Å². The fourth-order valence-electron chi connectivity index (χ4n) is 1.92. The summed E-state index contributed by atoms with van der Waals surface area (Å²) in [5.74, 6) is 0. The summed E-state index contributed by atoms with van der Waals surface area (Å²) in [5.41, 5.74) is -0.639. The molecule has 5 heteroatoms. The summed E-state index contributed by atoms with van der Waals surface area (Å²) in [6.45, 7) is 6.11. The molecule has 0 bridgehead atoms. The highest BCUT2D eigenvalue weighted by atomic mass is 19.4. The molecule has 0 fully saturated rings. The van der Waals surface area contributed by atoms with E-state index in [2.05, 4.69) is 5.32 Å². The van der Waals surface area contributed by atoms with Gasteiger partial charge in [-0.25, -0.2) is 0 Å². The fraction of sp³-hybridized carbons (Fsp3) is 0.600. The highest BCUT2D eigenvalue weighted by molar-refractivity contribution is 5.26. The molecule has 0 saturated heterocycles. The molecular formula is C15H22F3NO. The first-order chi connectivity index (χ1) is 9.22. The average Bonchev–Trinajstić information content (AvgIpc) is 2.43. The Bertz CT molecular complexity index is 410. The van der Waals surface area contributed by atoms with Crippen LogP contribution in [0.4, 0.5) is 13.2 Å². The van der Waals surface area contributed by atoms with E-state index in [-0.39, 0.29) is 6.04 Å². The van der Waals surface area contributed by atoms with Gasteiger partial charge in [0.1, 0.15) is 0 Å². The standard InChI is InChI=1S/C15H22F3NO/c1-4-14(20,5-2)10-19-11(3)12-6-8-13(9-7-12)15(16,17)18/h6-9,11,19-20H,4-5,10H2,1-3H3. The van der Waals surface area contributed by atoms with Gasteiger partial charge in [0.2, 0.25) is 0 Å². The molecule has 0 aliphatic heterocycles. The molecule has 1 unspecified atom stereocenters. The summed E-state index contributed by atoms with van der Waals surface area (Å²) < 4.78 is 37.4. The third-order valence-corrected chi connectivity index (χ3v) is 3.79. The van der Waals surface area contributed by atoms with E-state index in [1.165, 1.54) is 12.1 Å². The lowest BCUT2D eigenvalue weighted by Crippen LogP contribution is -2.40. The second kappa shape index (κ2) is 6.59. The molecule has 20 heavy (non-hydrogen) atoms. The van der Waals surface area contributed by atoms with Crippen molar-refractivity contribution >= 4 is 0 Å². The minimum atomic E-state index is -4.31. The first kappa shape index (κ1) is 17.0.